The molecule has 2 amide bonds. The fourth-order valence-electron chi connectivity index (χ4n) is 4.62. The van der Waals surface area contributed by atoms with E-state index in [1.165, 1.54) is 12.1 Å². The average Bonchev–Trinajstić information content (AvgIpc) is 3.65. The molecule has 3 aromatic rings. The van der Waals surface area contributed by atoms with E-state index in [2.05, 4.69) is 44.9 Å². The molecular formula is C29H34F2N6O2S. The van der Waals surface area contributed by atoms with Crippen molar-refractivity contribution in [1.29, 1.82) is 5.26 Å². The smallest absolute Gasteiger partial charge is 0.272 e. The van der Waals surface area contributed by atoms with Crippen LogP contribution in [0.15, 0.2) is 42.5 Å². The molecule has 4 rings (SSSR count). The van der Waals surface area contributed by atoms with Crippen LogP contribution in [0.4, 0.5) is 14.7 Å². The van der Waals surface area contributed by atoms with E-state index < -0.39 is 18.2 Å². The first-order chi connectivity index (χ1) is 18.9. The van der Waals surface area contributed by atoms with Crippen LogP contribution in [-0.4, -0.2) is 44.9 Å². The molecule has 0 radical (unpaired) electrons. The van der Waals surface area contributed by atoms with Gasteiger partial charge in [-0.2, -0.15) is 5.26 Å². The van der Waals surface area contributed by atoms with Crippen molar-refractivity contribution < 1.29 is 18.4 Å². The lowest BCUT2D eigenvalue weighted by Crippen LogP contribution is -2.38. The maximum absolute atomic E-state index is 13.1. The van der Waals surface area contributed by atoms with E-state index in [1.54, 1.807) is 4.90 Å². The highest BCUT2D eigenvalue weighted by Gasteiger charge is 2.31. The number of benzene rings is 1. The number of anilines is 1. The molecule has 40 heavy (non-hydrogen) atoms. The van der Waals surface area contributed by atoms with Gasteiger partial charge in [0.05, 0.1) is 26.8 Å². The molecule has 3 heterocycles. The van der Waals surface area contributed by atoms with Crippen LogP contribution in [-0.2, 0) is 17.9 Å². The minimum absolute atomic E-state index is 0.0938. The van der Waals surface area contributed by atoms with Gasteiger partial charge in [-0.05, 0) is 55.0 Å². The Kier molecular flexibility index (Phi) is 8.71. The minimum atomic E-state index is -2.65. The molecule has 0 unspecified atom stereocenters. The predicted octanol–water partition coefficient (Wildman–Crippen LogP) is 5.88. The number of aromatic nitrogens is 2. The lowest BCUT2D eigenvalue weighted by atomic mass is 9.88. The number of carbonyl (C=O) groups is 2. The van der Waals surface area contributed by atoms with Crippen LogP contribution in [0.2, 0.25) is 0 Å². The normalized spacial score (nSPS) is 16.4. The molecule has 2 aromatic heterocycles. The molecule has 1 fully saturated rings. The van der Waals surface area contributed by atoms with Crippen molar-refractivity contribution in [2.24, 2.45) is 5.41 Å². The zero-order chi connectivity index (χ0) is 29.2. The van der Waals surface area contributed by atoms with Gasteiger partial charge < -0.3 is 14.8 Å². The van der Waals surface area contributed by atoms with Gasteiger partial charge >= 0.3 is 0 Å². The lowest BCUT2D eigenvalue weighted by molar-refractivity contribution is -0.127. The number of thiophene rings is 1. The zero-order valence-corrected chi connectivity index (χ0v) is 23.9. The molecule has 8 nitrogen and oxygen atoms in total. The molecule has 0 saturated carbocycles. The van der Waals surface area contributed by atoms with Gasteiger partial charge in [-0.3, -0.25) is 14.9 Å². The Balaban J connectivity index is 1.66. The van der Waals surface area contributed by atoms with E-state index >= 15 is 0 Å². The molecule has 1 aromatic carbocycles. The minimum Gasteiger partial charge on any atom is -0.333 e. The Morgan fingerprint density at radius 1 is 1.27 bits per heavy atom. The van der Waals surface area contributed by atoms with Crippen molar-refractivity contribution in [1.82, 2.24) is 19.8 Å². The van der Waals surface area contributed by atoms with Gasteiger partial charge in [0, 0.05) is 25.7 Å². The topological polar surface area (TPSA) is 103 Å². The highest BCUT2D eigenvalue weighted by atomic mass is 32.1. The summed E-state index contributed by atoms with van der Waals surface area (Å²) in [6.07, 6.45) is -1.16. The number of rotatable bonds is 9. The average molecular weight is 569 g/mol. The molecular weight excluding hydrogens is 534 g/mol. The lowest BCUT2D eigenvalue weighted by Gasteiger charge is -2.28. The second-order valence-electron chi connectivity index (χ2n) is 11.2. The molecule has 11 heteroatoms. The van der Waals surface area contributed by atoms with Crippen molar-refractivity contribution in [3.05, 3.63) is 57.8 Å². The quantitative estimate of drug-likeness (QED) is 0.248. The summed E-state index contributed by atoms with van der Waals surface area (Å²) in [5, 5.41) is 15.5. The number of hydrogen-bond donors (Lipinski definition) is 2. The zero-order valence-electron chi connectivity index (χ0n) is 23.1. The van der Waals surface area contributed by atoms with Crippen LogP contribution in [0.25, 0.3) is 11.0 Å². The molecule has 1 aliphatic heterocycles. The van der Waals surface area contributed by atoms with E-state index in [1.807, 2.05) is 28.8 Å². The maximum Gasteiger partial charge on any atom is 0.272 e. The van der Waals surface area contributed by atoms with E-state index in [0.717, 1.165) is 28.8 Å². The first kappa shape index (κ1) is 29.4. The standard InChI is InChI=1S/C29H34F2N6O2S/c1-17(14-32)27(39)36-12-6-7-20(36)16-37-22-9-8-19(15-33-18(2)29(3,4)5)13-21(22)34-28(37)35-26(38)24-11-10-23(40-24)25(30)31/h8-11,13,18,20,25,33H,1,6-7,12,15-16H2,2-5H3,(H,34,35,38)/t18-,20+/m0/s1. The summed E-state index contributed by atoms with van der Waals surface area (Å²) < 4.78 is 28.0. The fraction of sp³-hybridized carbons (Fsp3) is 0.448. The molecule has 2 N–H and O–H groups in total. The van der Waals surface area contributed by atoms with Gasteiger partial charge in [-0.25, -0.2) is 13.8 Å². The summed E-state index contributed by atoms with van der Waals surface area (Å²) in [5.41, 5.74) is 2.42. The van der Waals surface area contributed by atoms with Crippen LogP contribution < -0.4 is 10.6 Å². The number of alkyl halides is 2. The summed E-state index contributed by atoms with van der Waals surface area (Å²) >= 11 is 0.737. The highest BCUT2D eigenvalue weighted by Crippen LogP contribution is 2.30. The molecule has 1 aliphatic rings. The summed E-state index contributed by atoms with van der Waals surface area (Å²) in [6, 6.07) is 10.4. The second kappa shape index (κ2) is 11.9. The fourth-order valence-corrected chi connectivity index (χ4v) is 5.38. The van der Waals surface area contributed by atoms with Crippen molar-refractivity contribution >= 4 is 40.1 Å². The van der Waals surface area contributed by atoms with E-state index in [-0.39, 0.29) is 38.8 Å². The SMILES string of the molecule is C=C(C#N)C(=O)N1CCC[C@@H]1Cn1c(NC(=O)c2ccc(C(F)F)s2)nc2cc(CN[C@@H](C)C(C)(C)C)ccc21. The number of nitrogens with one attached hydrogen (secondary N) is 2. The summed E-state index contributed by atoms with van der Waals surface area (Å²) in [4.78, 5) is 32.1. The molecule has 2 atom stereocenters. The molecule has 1 saturated heterocycles. The maximum atomic E-state index is 13.1. The largest absolute Gasteiger partial charge is 0.333 e. The predicted molar refractivity (Wildman–Crippen MR) is 152 cm³/mol. The first-order valence-corrected chi connectivity index (χ1v) is 14.0. The Hall–Kier alpha value is -3.62. The summed E-state index contributed by atoms with van der Waals surface area (Å²) in [5.74, 6) is -0.676. The Bertz CT molecular complexity index is 1470. The Labute approximate surface area is 236 Å². The summed E-state index contributed by atoms with van der Waals surface area (Å²) in [7, 11) is 0. The second-order valence-corrected chi connectivity index (χ2v) is 12.3. The van der Waals surface area contributed by atoms with Crippen LogP contribution in [0.3, 0.4) is 0 Å². The number of halogens is 2. The third-order valence-electron chi connectivity index (χ3n) is 7.44. The Morgan fingerprint density at radius 3 is 2.67 bits per heavy atom. The highest BCUT2D eigenvalue weighted by molar-refractivity contribution is 7.14. The number of nitrogens with zero attached hydrogens (tertiary/aromatic N) is 4. The molecule has 0 spiro atoms. The summed E-state index contributed by atoms with van der Waals surface area (Å²) in [6.45, 7) is 13.7. The molecule has 0 aliphatic carbocycles. The molecule has 0 bridgehead atoms. The van der Waals surface area contributed by atoms with Gasteiger partial charge in [0.2, 0.25) is 5.95 Å². The van der Waals surface area contributed by atoms with E-state index in [9.17, 15) is 23.6 Å². The van der Waals surface area contributed by atoms with Crippen LogP contribution in [0, 0.1) is 16.7 Å². The third-order valence-corrected chi connectivity index (χ3v) is 8.53. The van der Waals surface area contributed by atoms with Gasteiger partial charge in [0.15, 0.2) is 0 Å². The van der Waals surface area contributed by atoms with Crippen LogP contribution in [0.1, 0.15) is 67.1 Å². The van der Waals surface area contributed by atoms with Crippen molar-refractivity contribution in [3.63, 3.8) is 0 Å². The monoisotopic (exact) mass is 568 g/mol. The van der Waals surface area contributed by atoms with E-state index in [4.69, 9.17) is 4.98 Å². The number of amides is 2. The van der Waals surface area contributed by atoms with Gasteiger partial charge in [0.1, 0.15) is 11.6 Å². The van der Waals surface area contributed by atoms with Crippen molar-refractivity contribution in [3.8, 4) is 6.07 Å². The van der Waals surface area contributed by atoms with E-state index in [0.29, 0.717) is 31.6 Å². The number of imidazole rings is 1. The van der Waals surface area contributed by atoms with Gasteiger partial charge in [-0.15, -0.1) is 11.3 Å². The third kappa shape index (κ3) is 6.40. The van der Waals surface area contributed by atoms with Crippen LogP contribution in [0.5, 0.6) is 0 Å². The number of nitriles is 1. The van der Waals surface area contributed by atoms with Gasteiger partial charge in [0.25, 0.3) is 18.2 Å². The van der Waals surface area contributed by atoms with Gasteiger partial charge in [-0.1, -0.05) is 33.4 Å². The Morgan fingerprint density at radius 2 is 2.02 bits per heavy atom. The van der Waals surface area contributed by atoms with Crippen molar-refractivity contribution in [2.75, 3.05) is 11.9 Å². The van der Waals surface area contributed by atoms with Crippen molar-refractivity contribution in [2.45, 2.75) is 72.1 Å². The number of carbonyl (C=O) groups excluding carboxylic acids is 2. The number of likely N-dealkylation sites (tertiary alicyclic amines) is 1. The number of fused-ring (bicyclic) bond motifs is 1. The number of hydrogen-bond acceptors (Lipinski definition) is 6. The van der Waals surface area contributed by atoms with Crippen LogP contribution >= 0.6 is 11.3 Å². The molecule has 212 valence electrons. The first-order valence-electron chi connectivity index (χ1n) is 13.2.